The molecule has 0 fully saturated rings. The molecule has 2 aliphatic rings. The Labute approximate surface area is 111 Å². The summed E-state index contributed by atoms with van der Waals surface area (Å²) in [7, 11) is 0. The van der Waals surface area contributed by atoms with E-state index in [0.29, 0.717) is 11.3 Å². The first-order chi connectivity index (χ1) is 8.15. The van der Waals surface area contributed by atoms with Crippen molar-refractivity contribution in [3.8, 4) is 0 Å². The van der Waals surface area contributed by atoms with Crippen LogP contribution in [0.25, 0.3) is 0 Å². The predicted octanol–water partition coefficient (Wildman–Crippen LogP) is 4.59. The first-order valence-electron chi connectivity index (χ1n) is 6.06. The number of aryl methyl sites for hydroxylation is 1. The number of allylic oxidation sites excluding steroid dienone is 3. The number of thioether (sulfide) groups is 1. The second-order valence-corrected chi connectivity index (χ2v) is 7.29. The lowest BCUT2D eigenvalue weighted by Crippen LogP contribution is -2.18. The molecule has 17 heavy (non-hydrogen) atoms. The third-order valence-corrected chi connectivity index (χ3v) is 6.01. The number of hydrogen-bond acceptors (Lipinski definition) is 3. The Balaban J connectivity index is 1.87. The summed E-state index contributed by atoms with van der Waals surface area (Å²) in [5.41, 5.74) is 2.91. The van der Waals surface area contributed by atoms with Crippen LogP contribution < -0.4 is 5.32 Å². The first-order valence-corrected chi connectivity index (χ1v) is 7.75. The Morgan fingerprint density at radius 3 is 2.76 bits per heavy atom. The van der Waals surface area contributed by atoms with E-state index in [2.05, 4.69) is 44.3 Å². The molecule has 2 heterocycles. The van der Waals surface area contributed by atoms with Crippen LogP contribution in [0.5, 0.6) is 0 Å². The largest absolute Gasteiger partial charge is 0.371 e. The zero-order valence-corrected chi connectivity index (χ0v) is 12.0. The van der Waals surface area contributed by atoms with E-state index in [9.17, 15) is 0 Å². The molecule has 0 radical (unpaired) electrons. The van der Waals surface area contributed by atoms with Crippen molar-refractivity contribution >= 4 is 23.1 Å². The molecular formula is C14H17NS2. The molecule has 1 unspecified atom stereocenters. The van der Waals surface area contributed by atoms with Gasteiger partial charge in [0.15, 0.2) is 0 Å². The van der Waals surface area contributed by atoms with Gasteiger partial charge in [-0.3, -0.25) is 0 Å². The molecule has 0 spiro atoms. The van der Waals surface area contributed by atoms with Crippen molar-refractivity contribution in [3.63, 3.8) is 0 Å². The van der Waals surface area contributed by atoms with Gasteiger partial charge >= 0.3 is 0 Å². The van der Waals surface area contributed by atoms with Gasteiger partial charge in [0, 0.05) is 26.3 Å². The lowest BCUT2D eigenvalue weighted by atomic mass is 9.95. The Hall–Kier alpha value is -0.670. The molecule has 1 aliphatic heterocycles. The van der Waals surface area contributed by atoms with E-state index in [0.717, 1.165) is 0 Å². The van der Waals surface area contributed by atoms with Crippen LogP contribution in [-0.2, 0) is 0 Å². The van der Waals surface area contributed by atoms with Gasteiger partial charge in [-0.1, -0.05) is 24.8 Å². The van der Waals surface area contributed by atoms with Crippen molar-refractivity contribution in [1.29, 1.82) is 0 Å². The Kier molecular flexibility index (Phi) is 2.83. The fraction of sp³-hybridized carbons (Fsp3) is 0.429. The van der Waals surface area contributed by atoms with E-state index in [1.165, 1.54) is 32.4 Å². The number of rotatable bonds is 1. The zero-order valence-electron chi connectivity index (χ0n) is 10.4. The monoisotopic (exact) mass is 263 g/mol. The molecule has 1 N–H and O–H groups in total. The lowest BCUT2D eigenvalue weighted by molar-refractivity contribution is 0.606. The van der Waals surface area contributed by atoms with Gasteiger partial charge in [-0.05, 0) is 38.0 Å². The van der Waals surface area contributed by atoms with E-state index in [1.54, 1.807) is 0 Å². The highest BCUT2D eigenvalue weighted by Gasteiger charge is 2.31. The molecule has 1 aliphatic carbocycles. The van der Waals surface area contributed by atoms with Crippen LogP contribution in [0.3, 0.4) is 0 Å². The van der Waals surface area contributed by atoms with E-state index in [4.69, 9.17) is 0 Å². The summed E-state index contributed by atoms with van der Waals surface area (Å²) in [6, 6.07) is 4.47. The van der Waals surface area contributed by atoms with Gasteiger partial charge in [-0.2, -0.15) is 0 Å². The lowest BCUT2D eigenvalue weighted by Gasteiger charge is -2.19. The zero-order chi connectivity index (χ0) is 12.0. The number of nitrogens with one attached hydrogen (secondary N) is 1. The minimum absolute atomic E-state index is 0.433. The molecule has 0 amide bonds. The highest BCUT2D eigenvalue weighted by atomic mass is 32.2. The summed E-state index contributed by atoms with van der Waals surface area (Å²) in [6.45, 7) is 6.72. The third kappa shape index (κ3) is 1.95. The summed E-state index contributed by atoms with van der Waals surface area (Å²) < 4.78 is 0. The van der Waals surface area contributed by atoms with Crippen molar-refractivity contribution in [3.05, 3.63) is 44.1 Å². The maximum absolute atomic E-state index is 3.71. The van der Waals surface area contributed by atoms with Crippen LogP contribution in [0, 0.1) is 12.8 Å². The van der Waals surface area contributed by atoms with Crippen molar-refractivity contribution in [1.82, 2.24) is 5.32 Å². The van der Waals surface area contributed by atoms with Crippen LogP contribution in [0.2, 0.25) is 0 Å². The number of thiophene rings is 1. The fourth-order valence-electron chi connectivity index (χ4n) is 2.38. The molecule has 90 valence electrons. The number of hydrogen-bond donors (Lipinski definition) is 1. The maximum Gasteiger partial charge on any atom is 0.112 e. The normalized spacial score (nSPS) is 27.8. The Bertz CT molecular complexity index is 510. The van der Waals surface area contributed by atoms with Crippen LogP contribution >= 0.6 is 23.1 Å². The summed E-state index contributed by atoms with van der Waals surface area (Å²) >= 11 is 3.89. The summed E-state index contributed by atoms with van der Waals surface area (Å²) in [4.78, 5) is 4.33. The molecule has 0 saturated carbocycles. The second-order valence-electron chi connectivity index (χ2n) is 4.86. The van der Waals surface area contributed by atoms with Gasteiger partial charge in [-0.25, -0.2) is 0 Å². The van der Waals surface area contributed by atoms with Crippen molar-refractivity contribution in [2.24, 2.45) is 5.92 Å². The van der Waals surface area contributed by atoms with Crippen LogP contribution in [0.15, 0.2) is 34.4 Å². The second kappa shape index (κ2) is 4.21. The molecule has 2 atom stereocenters. The molecule has 1 nitrogen and oxygen atoms in total. The third-order valence-electron chi connectivity index (χ3n) is 3.42. The van der Waals surface area contributed by atoms with Crippen molar-refractivity contribution in [2.45, 2.75) is 32.6 Å². The van der Waals surface area contributed by atoms with Crippen LogP contribution in [-0.4, -0.2) is 0 Å². The highest BCUT2D eigenvalue weighted by molar-refractivity contribution is 8.03. The van der Waals surface area contributed by atoms with Crippen LogP contribution in [0.1, 0.15) is 35.4 Å². The average molecular weight is 263 g/mol. The van der Waals surface area contributed by atoms with Gasteiger partial charge in [0.05, 0.1) is 0 Å². The van der Waals surface area contributed by atoms with Gasteiger partial charge in [-0.15, -0.1) is 11.3 Å². The van der Waals surface area contributed by atoms with Gasteiger partial charge in [0.1, 0.15) is 5.37 Å². The SMILES string of the molecule is CC1=CCC(C)C2=C1S[C@H](c1ccc(C)s1)N2. The maximum atomic E-state index is 3.71. The fourth-order valence-corrected chi connectivity index (χ4v) is 4.75. The molecule has 0 saturated heterocycles. The minimum Gasteiger partial charge on any atom is -0.371 e. The quantitative estimate of drug-likeness (QED) is 0.795. The Morgan fingerprint density at radius 1 is 1.29 bits per heavy atom. The summed E-state index contributed by atoms with van der Waals surface area (Å²) in [6.07, 6.45) is 3.55. The summed E-state index contributed by atoms with van der Waals surface area (Å²) in [5.74, 6) is 0.646. The van der Waals surface area contributed by atoms with Gasteiger partial charge in [0.25, 0.3) is 0 Å². The highest BCUT2D eigenvalue weighted by Crippen LogP contribution is 2.49. The molecule has 3 rings (SSSR count). The molecule has 0 aromatic carbocycles. The Morgan fingerprint density at radius 2 is 2.12 bits per heavy atom. The topological polar surface area (TPSA) is 12.0 Å². The van der Waals surface area contributed by atoms with E-state index in [-0.39, 0.29) is 0 Å². The van der Waals surface area contributed by atoms with Gasteiger partial charge < -0.3 is 5.32 Å². The average Bonchev–Trinajstić information content (AvgIpc) is 2.90. The van der Waals surface area contributed by atoms with Gasteiger partial charge in [0.2, 0.25) is 0 Å². The van der Waals surface area contributed by atoms with E-state index in [1.807, 2.05) is 23.1 Å². The first kappa shape index (κ1) is 11.4. The minimum atomic E-state index is 0.433. The summed E-state index contributed by atoms with van der Waals surface area (Å²) in [5, 5.41) is 4.15. The van der Waals surface area contributed by atoms with Crippen LogP contribution in [0.4, 0.5) is 0 Å². The van der Waals surface area contributed by atoms with Crippen molar-refractivity contribution < 1.29 is 0 Å². The molecule has 1 aromatic rings. The standard InChI is InChI=1S/C14H17NS2/c1-8-4-5-9(2)13-12(8)15-14(17-13)11-7-6-10(3)16-11/h5-8,14-15H,4H2,1-3H3/t8?,14-/m1/s1. The molecular weight excluding hydrogens is 246 g/mol. The van der Waals surface area contributed by atoms with E-state index >= 15 is 0 Å². The van der Waals surface area contributed by atoms with E-state index < -0.39 is 0 Å². The molecule has 3 heteroatoms. The molecule has 0 bridgehead atoms. The predicted molar refractivity (Wildman–Crippen MR) is 77.1 cm³/mol. The van der Waals surface area contributed by atoms with Crippen molar-refractivity contribution in [2.75, 3.05) is 0 Å². The molecule has 1 aromatic heterocycles. The smallest absolute Gasteiger partial charge is 0.112 e.